The number of aliphatic carboxylic acids is 1. The van der Waals surface area contributed by atoms with Crippen molar-refractivity contribution in [2.45, 2.75) is 13.3 Å². The number of nitrogens with zero attached hydrogens (tertiary/aromatic N) is 1. The van der Waals surface area contributed by atoms with Crippen molar-refractivity contribution in [1.82, 2.24) is 10.2 Å². The van der Waals surface area contributed by atoms with Crippen LogP contribution in [-0.4, -0.2) is 42.1 Å². The summed E-state index contributed by atoms with van der Waals surface area (Å²) in [6.07, 6.45) is -0.0628. The number of nitrogens with one attached hydrogen (secondary N) is 1. The second kappa shape index (κ2) is 6.01. The zero-order valence-electron chi connectivity index (χ0n) is 8.54. The van der Waals surface area contributed by atoms with Gasteiger partial charge in [0.05, 0.1) is 6.42 Å². The standard InChI is InChI=1S/C9H16N2O3/c1-7(2)6-11(3)9(14)10-5-4-8(12)13/h1,4-6H2,2-3H3,(H,10,14)(H,12,13). The Morgan fingerprint density at radius 3 is 2.50 bits per heavy atom. The lowest BCUT2D eigenvalue weighted by Crippen LogP contribution is -2.38. The molecule has 0 rings (SSSR count). The van der Waals surface area contributed by atoms with Crippen LogP contribution in [0.15, 0.2) is 12.2 Å². The van der Waals surface area contributed by atoms with Crippen molar-refractivity contribution >= 4 is 12.0 Å². The first kappa shape index (κ1) is 12.5. The fraction of sp³-hybridized carbons (Fsp3) is 0.556. The molecule has 0 aromatic rings. The van der Waals surface area contributed by atoms with Gasteiger partial charge >= 0.3 is 12.0 Å². The third-order valence-corrected chi connectivity index (χ3v) is 1.47. The lowest BCUT2D eigenvalue weighted by Gasteiger charge is -2.17. The van der Waals surface area contributed by atoms with Gasteiger partial charge in [-0.25, -0.2) is 4.79 Å². The van der Waals surface area contributed by atoms with Crippen molar-refractivity contribution < 1.29 is 14.7 Å². The lowest BCUT2D eigenvalue weighted by atomic mass is 10.3. The number of carboxylic acids is 1. The highest BCUT2D eigenvalue weighted by atomic mass is 16.4. The minimum Gasteiger partial charge on any atom is -0.481 e. The molecule has 0 bridgehead atoms. The third-order valence-electron chi connectivity index (χ3n) is 1.47. The molecule has 5 nitrogen and oxygen atoms in total. The first-order valence-electron chi connectivity index (χ1n) is 4.28. The van der Waals surface area contributed by atoms with Crippen LogP contribution in [0.2, 0.25) is 0 Å². The molecular weight excluding hydrogens is 184 g/mol. The molecule has 0 radical (unpaired) electrons. The average Bonchev–Trinajstić information content (AvgIpc) is 2.01. The molecule has 5 heteroatoms. The Kier molecular flexibility index (Phi) is 5.36. The average molecular weight is 200 g/mol. The predicted octanol–water partition coefficient (Wildman–Crippen LogP) is 0.679. The van der Waals surface area contributed by atoms with E-state index in [1.54, 1.807) is 7.05 Å². The highest BCUT2D eigenvalue weighted by molar-refractivity contribution is 5.75. The molecule has 2 amide bonds. The van der Waals surface area contributed by atoms with Crippen LogP contribution in [0.4, 0.5) is 4.79 Å². The van der Waals surface area contributed by atoms with Crippen LogP contribution in [0.3, 0.4) is 0 Å². The van der Waals surface area contributed by atoms with E-state index in [4.69, 9.17) is 5.11 Å². The summed E-state index contributed by atoms with van der Waals surface area (Å²) >= 11 is 0. The largest absolute Gasteiger partial charge is 0.481 e. The SMILES string of the molecule is C=C(C)CN(C)C(=O)NCCC(=O)O. The summed E-state index contributed by atoms with van der Waals surface area (Å²) in [4.78, 5) is 22.8. The minimum atomic E-state index is -0.923. The number of hydrogen-bond acceptors (Lipinski definition) is 2. The smallest absolute Gasteiger partial charge is 0.317 e. The number of urea groups is 1. The molecule has 80 valence electrons. The van der Waals surface area contributed by atoms with Crippen molar-refractivity contribution in [2.24, 2.45) is 0 Å². The molecule has 2 N–H and O–H groups in total. The maximum absolute atomic E-state index is 11.2. The molecule has 0 fully saturated rings. The Morgan fingerprint density at radius 2 is 2.07 bits per heavy atom. The Morgan fingerprint density at radius 1 is 1.50 bits per heavy atom. The summed E-state index contributed by atoms with van der Waals surface area (Å²) in [7, 11) is 1.63. The molecular formula is C9H16N2O3. The van der Waals surface area contributed by atoms with E-state index in [-0.39, 0.29) is 19.0 Å². The zero-order valence-corrected chi connectivity index (χ0v) is 8.54. The van der Waals surface area contributed by atoms with Crippen LogP contribution in [0.25, 0.3) is 0 Å². The molecule has 0 aliphatic heterocycles. The summed E-state index contributed by atoms with van der Waals surface area (Å²) in [5, 5.41) is 10.8. The summed E-state index contributed by atoms with van der Waals surface area (Å²) in [6, 6.07) is -0.283. The monoisotopic (exact) mass is 200 g/mol. The van der Waals surface area contributed by atoms with Gasteiger partial charge in [-0.15, -0.1) is 0 Å². The number of carbonyl (C=O) groups excluding carboxylic acids is 1. The number of carboxylic acid groups (broad SMARTS) is 1. The number of likely N-dealkylation sites (N-methyl/N-ethyl adjacent to an activating group) is 1. The van der Waals surface area contributed by atoms with Crippen molar-refractivity contribution in [1.29, 1.82) is 0 Å². The molecule has 0 saturated heterocycles. The summed E-state index contributed by atoms with van der Waals surface area (Å²) in [6.45, 7) is 6.11. The third kappa shape index (κ3) is 6.05. The van der Waals surface area contributed by atoms with Crippen LogP contribution in [0.5, 0.6) is 0 Å². The van der Waals surface area contributed by atoms with E-state index in [1.165, 1.54) is 4.90 Å². The molecule has 0 unspecified atom stereocenters. The summed E-state index contributed by atoms with van der Waals surface area (Å²) < 4.78 is 0. The van der Waals surface area contributed by atoms with Crippen LogP contribution in [0, 0.1) is 0 Å². The topological polar surface area (TPSA) is 69.6 Å². The van der Waals surface area contributed by atoms with E-state index in [2.05, 4.69) is 11.9 Å². The van der Waals surface area contributed by atoms with E-state index < -0.39 is 5.97 Å². The van der Waals surface area contributed by atoms with E-state index in [1.807, 2.05) is 6.92 Å². The van der Waals surface area contributed by atoms with Crippen LogP contribution in [-0.2, 0) is 4.79 Å². The molecule has 0 heterocycles. The summed E-state index contributed by atoms with van der Waals surface area (Å²) in [5.41, 5.74) is 0.876. The first-order valence-corrected chi connectivity index (χ1v) is 4.28. The van der Waals surface area contributed by atoms with Gasteiger partial charge in [0.15, 0.2) is 0 Å². The van der Waals surface area contributed by atoms with Gasteiger partial charge in [-0.3, -0.25) is 4.79 Å². The highest BCUT2D eigenvalue weighted by Crippen LogP contribution is 1.92. The minimum absolute atomic E-state index is 0.0628. The second-order valence-corrected chi connectivity index (χ2v) is 3.19. The zero-order chi connectivity index (χ0) is 11.1. The van der Waals surface area contributed by atoms with Crippen LogP contribution in [0.1, 0.15) is 13.3 Å². The predicted molar refractivity (Wildman–Crippen MR) is 53.1 cm³/mol. The van der Waals surface area contributed by atoms with Crippen molar-refractivity contribution in [2.75, 3.05) is 20.1 Å². The second-order valence-electron chi connectivity index (χ2n) is 3.19. The number of hydrogen-bond donors (Lipinski definition) is 2. The quantitative estimate of drug-likeness (QED) is 0.641. The first-order chi connectivity index (χ1) is 6.43. The van der Waals surface area contributed by atoms with Gasteiger partial charge in [0, 0.05) is 20.1 Å². The Bertz CT molecular complexity index is 238. The van der Waals surface area contributed by atoms with E-state index >= 15 is 0 Å². The number of rotatable bonds is 5. The van der Waals surface area contributed by atoms with Crippen LogP contribution < -0.4 is 5.32 Å². The van der Waals surface area contributed by atoms with Gasteiger partial charge in [0.1, 0.15) is 0 Å². The van der Waals surface area contributed by atoms with Crippen LogP contribution >= 0.6 is 0 Å². The molecule has 0 aliphatic carbocycles. The van der Waals surface area contributed by atoms with E-state index in [9.17, 15) is 9.59 Å². The fourth-order valence-corrected chi connectivity index (χ4v) is 0.888. The Hall–Kier alpha value is -1.52. The fourth-order valence-electron chi connectivity index (χ4n) is 0.888. The van der Waals surface area contributed by atoms with Gasteiger partial charge in [0.2, 0.25) is 0 Å². The van der Waals surface area contributed by atoms with Crippen molar-refractivity contribution in [3.05, 3.63) is 12.2 Å². The van der Waals surface area contributed by atoms with E-state index in [0.717, 1.165) is 5.57 Å². The van der Waals surface area contributed by atoms with Gasteiger partial charge in [-0.2, -0.15) is 0 Å². The number of carbonyl (C=O) groups is 2. The summed E-state index contributed by atoms with van der Waals surface area (Å²) in [5.74, 6) is -0.923. The number of amides is 2. The van der Waals surface area contributed by atoms with Crippen molar-refractivity contribution in [3.63, 3.8) is 0 Å². The molecule has 0 spiro atoms. The van der Waals surface area contributed by atoms with E-state index in [0.29, 0.717) is 6.54 Å². The Labute approximate surface area is 83.4 Å². The maximum Gasteiger partial charge on any atom is 0.317 e. The van der Waals surface area contributed by atoms with Gasteiger partial charge in [-0.1, -0.05) is 12.2 Å². The highest BCUT2D eigenvalue weighted by Gasteiger charge is 2.07. The molecule has 0 aliphatic rings. The Balaban J connectivity index is 3.73. The lowest BCUT2D eigenvalue weighted by molar-refractivity contribution is -0.136. The van der Waals surface area contributed by atoms with Gasteiger partial charge < -0.3 is 15.3 Å². The van der Waals surface area contributed by atoms with Gasteiger partial charge in [0.25, 0.3) is 0 Å². The normalized spacial score (nSPS) is 9.29. The molecule has 0 atom stereocenters. The molecule has 0 saturated carbocycles. The molecule has 0 aromatic heterocycles. The molecule has 0 aromatic carbocycles. The maximum atomic E-state index is 11.2. The van der Waals surface area contributed by atoms with Crippen molar-refractivity contribution in [3.8, 4) is 0 Å². The van der Waals surface area contributed by atoms with Gasteiger partial charge in [-0.05, 0) is 6.92 Å². The molecule has 14 heavy (non-hydrogen) atoms.